The zero-order chi connectivity index (χ0) is 29.6. The van der Waals surface area contributed by atoms with Gasteiger partial charge in [-0.2, -0.15) is 0 Å². The van der Waals surface area contributed by atoms with Gasteiger partial charge in [0.1, 0.15) is 11.2 Å². The first-order chi connectivity index (χ1) is 18.6. The third-order valence-electron chi connectivity index (χ3n) is 5.25. The van der Waals surface area contributed by atoms with Gasteiger partial charge in [0.05, 0.1) is 13.7 Å². The number of hydrogen-bond donors (Lipinski definition) is 2. The molecule has 0 heterocycles. The molecule has 0 aromatic heterocycles. The van der Waals surface area contributed by atoms with Gasteiger partial charge < -0.3 is 10.2 Å². The van der Waals surface area contributed by atoms with Gasteiger partial charge in [-0.3, -0.25) is 0 Å². The van der Waals surface area contributed by atoms with Crippen LogP contribution in [0.3, 0.4) is 0 Å². The molecule has 0 fully saturated rings. The van der Waals surface area contributed by atoms with E-state index in [4.69, 9.17) is 25.3 Å². The first kappa shape index (κ1) is 11.3. The molecule has 4 aromatic carbocycles. The summed E-state index contributed by atoms with van der Waals surface area (Å²) in [5.74, 6) is 0. The topological polar surface area (TPSA) is 40.5 Å². The van der Waals surface area contributed by atoms with E-state index in [0.29, 0.717) is 4.47 Å². The molecule has 4 heteroatoms. The minimum atomic E-state index is -2.48. The van der Waals surface area contributed by atoms with Gasteiger partial charge in [-0.25, -0.2) is 0 Å². The Morgan fingerprint density at radius 1 is 0.667 bits per heavy atom. The lowest BCUT2D eigenvalue weighted by atomic mass is 9.63. The van der Waals surface area contributed by atoms with Gasteiger partial charge in [0.15, 0.2) is 0 Å². The van der Waals surface area contributed by atoms with Crippen LogP contribution in [0.1, 0.15) is 47.1 Å². The van der Waals surface area contributed by atoms with E-state index in [0.717, 1.165) is 0 Å². The normalized spacial score (nSPS) is 26.9. The number of hydrogen-bond acceptors (Lipinski definition) is 2. The van der Waals surface area contributed by atoms with Crippen LogP contribution in [0, 0.1) is 0 Å². The van der Waals surface area contributed by atoms with Gasteiger partial charge in [0, 0.05) is 20.6 Å². The molecule has 2 unspecified atom stereocenters. The minimum absolute atomic E-state index is 0.0634. The third kappa shape index (κ3) is 2.70. The van der Waals surface area contributed by atoms with E-state index >= 15 is 0 Å². The predicted molar refractivity (Wildman–Crippen MR) is 123 cm³/mol. The molecule has 148 valence electrons. The number of benzene rings is 4. The third-order valence-corrected chi connectivity index (χ3v) is 5.97. The molecule has 30 heavy (non-hydrogen) atoms. The van der Waals surface area contributed by atoms with Crippen molar-refractivity contribution in [2.75, 3.05) is 0 Å². The zero-order valence-corrected chi connectivity index (χ0v) is 17.5. The molecular formula is C26H18BrClO2. The molecule has 5 rings (SSSR count). The highest BCUT2D eigenvalue weighted by Crippen LogP contribution is 2.53. The standard InChI is InChI=1S/C26H18BrClO2/c27-19-11-13-21-23(15-19)25(29,17-7-3-1-4-8-17)22-14-12-20(28)16-24(22)26(21,30)18-9-5-2-6-10-18/h1-16,29-30H/i1D,2D,3D,4D,5D,6D,7D,8D,9D,10D. The Balaban J connectivity index is 2.05. The number of aliphatic hydroxyl groups is 2. The van der Waals surface area contributed by atoms with Crippen LogP contribution in [0.25, 0.3) is 0 Å². The lowest BCUT2D eigenvalue weighted by Gasteiger charge is -2.45. The largest absolute Gasteiger partial charge is 0.376 e. The molecule has 2 atom stereocenters. The highest BCUT2D eigenvalue weighted by Gasteiger charge is 2.51. The molecule has 0 saturated heterocycles. The van der Waals surface area contributed by atoms with Crippen LogP contribution in [0.4, 0.5) is 0 Å². The van der Waals surface area contributed by atoms with Crippen molar-refractivity contribution in [1.82, 2.24) is 0 Å². The highest BCUT2D eigenvalue weighted by atomic mass is 79.9. The van der Waals surface area contributed by atoms with Crippen molar-refractivity contribution in [3.63, 3.8) is 0 Å². The Labute approximate surface area is 202 Å². The molecule has 0 amide bonds. The summed E-state index contributed by atoms with van der Waals surface area (Å²) in [6.45, 7) is 0. The van der Waals surface area contributed by atoms with Crippen LogP contribution >= 0.6 is 27.5 Å². The molecule has 0 radical (unpaired) electrons. The molecular weight excluding hydrogens is 460 g/mol. The average Bonchev–Trinajstić information content (AvgIpc) is 2.92. The van der Waals surface area contributed by atoms with Gasteiger partial charge in [-0.15, -0.1) is 0 Å². The maximum atomic E-state index is 12.6. The van der Waals surface area contributed by atoms with E-state index in [2.05, 4.69) is 15.9 Å². The second kappa shape index (κ2) is 7.07. The first-order valence-corrected chi connectivity index (χ1v) is 9.97. The summed E-state index contributed by atoms with van der Waals surface area (Å²) in [5, 5.41) is 25.2. The molecule has 0 bridgehead atoms. The van der Waals surface area contributed by atoms with Crippen molar-refractivity contribution in [2.45, 2.75) is 11.2 Å². The van der Waals surface area contributed by atoms with Crippen LogP contribution < -0.4 is 0 Å². The van der Waals surface area contributed by atoms with Gasteiger partial charge >= 0.3 is 0 Å². The quantitative estimate of drug-likeness (QED) is 0.365. The fourth-order valence-corrected chi connectivity index (χ4v) is 4.49. The molecule has 1 aliphatic rings. The van der Waals surface area contributed by atoms with Gasteiger partial charge in [0.2, 0.25) is 0 Å². The van der Waals surface area contributed by atoms with Crippen molar-refractivity contribution in [1.29, 1.82) is 0 Å². The summed E-state index contributed by atoms with van der Waals surface area (Å²) in [5.41, 5.74) is -6.57. The second-order valence-corrected chi connectivity index (χ2v) is 8.15. The first-order valence-electron chi connectivity index (χ1n) is 13.8. The predicted octanol–water partition coefficient (Wildman–Crippen LogP) is 5.98. The monoisotopic (exact) mass is 486 g/mol. The minimum Gasteiger partial charge on any atom is -0.376 e. The second-order valence-electron chi connectivity index (χ2n) is 6.80. The van der Waals surface area contributed by atoms with Crippen LogP contribution in [0.15, 0.2) is 101 Å². The Morgan fingerprint density at radius 3 is 1.67 bits per heavy atom. The summed E-state index contributed by atoms with van der Waals surface area (Å²) in [4.78, 5) is 0. The highest BCUT2D eigenvalue weighted by molar-refractivity contribution is 9.10. The number of fused-ring (bicyclic) bond motifs is 2. The lowest BCUT2D eigenvalue weighted by Crippen LogP contribution is -2.44. The Bertz CT molecular complexity index is 1590. The van der Waals surface area contributed by atoms with E-state index in [1.807, 2.05) is 0 Å². The van der Waals surface area contributed by atoms with Gasteiger partial charge in [-0.1, -0.05) is 100 Å². The molecule has 2 nitrogen and oxygen atoms in total. The van der Waals surface area contributed by atoms with Crippen molar-refractivity contribution in [3.05, 3.63) is 140 Å². The summed E-state index contributed by atoms with van der Waals surface area (Å²) in [6.07, 6.45) is 0. The van der Waals surface area contributed by atoms with Crippen molar-refractivity contribution < 1.29 is 23.9 Å². The van der Waals surface area contributed by atoms with Crippen molar-refractivity contribution in [2.24, 2.45) is 0 Å². The van der Waals surface area contributed by atoms with E-state index in [9.17, 15) is 10.2 Å². The zero-order valence-electron chi connectivity index (χ0n) is 25.1. The molecule has 0 aliphatic heterocycles. The summed E-state index contributed by atoms with van der Waals surface area (Å²) < 4.78 is 83.7. The van der Waals surface area contributed by atoms with E-state index in [1.54, 1.807) is 0 Å². The SMILES string of the molecule is [2H]c1c([2H])c([2H])c(C2(O)c3ccc(Br)cc3C(O)(c3c([2H])c([2H])c([2H])c([2H])c3[2H])c3ccc(Cl)cc32)c([2H])c1[2H]. The Kier molecular flexibility index (Phi) is 2.65. The maximum Gasteiger partial charge on any atom is 0.141 e. The Hall–Kier alpha value is -2.43. The van der Waals surface area contributed by atoms with Crippen LogP contribution in [-0.2, 0) is 11.2 Å². The molecule has 4 aromatic rings. The van der Waals surface area contributed by atoms with Crippen LogP contribution in [0.5, 0.6) is 0 Å². The van der Waals surface area contributed by atoms with Crippen molar-refractivity contribution in [3.8, 4) is 0 Å². The fraction of sp³-hybridized carbons (Fsp3) is 0.0769. The van der Waals surface area contributed by atoms with Gasteiger partial charge in [-0.05, 0) is 46.5 Å². The summed E-state index contributed by atoms with van der Waals surface area (Å²) >= 11 is 9.66. The number of halogens is 2. The molecule has 1 aliphatic carbocycles. The van der Waals surface area contributed by atoms with Crippen LogP contribution in [0.2, 0.25) is 5.02 Å². The smallest absolute Gasteiger partial charge is 0.141 e. The lowest BCUT2D eigenvalue weighted by molar-refractivity contribution is 0.0747. The summed E-state index contributed by atoms with van der Waals surface area (Å²) in [6, 6.07) is 1.30. The fourth-order valence-electron chi connectivity index (χ4n) is 3.95. The maximum absolute atomic E-state index is 12.6. The average molecular weight is 488 g/mol. The number of rotatable bonds is 2. The van der Waals surface area contributed by atoms with E-state index in [-0.39, 0.29) is 27.3 Å². The molecule has 0 spiro atoms. The van der Waals surface area contributed by atoms with Crippen LogP contribution in [-0.4, -0.2) is 10.2 Å². The molecule has 2 N–H and O–H groups in total. The van der Waals surface area contributed by atoms with E-state index in [1.165, 1.54) is 36.4 Å². The van der Waals surface area contributed by atoms with Gasteiger partial charge in [0.25, 0.3) is 0 Å². The molecule has 0 saturated carbocycles. The Morgan fingerprint density at radius 2 is 1.13 bits per heavy atom. The van der Waals surface area contributed by atoms with Crippen molar-refractivity contribution >= 4 is 27.5 Å². The summed E-state index contributed by atoms with van der Waals surface area (Å²) in [7, 11) is 0. The van der Waals surface area contributed by atoms with E-state index < -0.39 is 82.8 Å².